The van der Waals surface area contributed by atoms with E-state index in [4.69, 9.17) is 0 Å². The highest BCUT2D eigenvalue weighted by molar-refractivity contribution is 9.10. The van der Waals surface area contributed by atoms with Crippen LogP contribution in [0.2, 0.25) is 0 Å². The van der Waals surface area contributed by atoms with Gasteiger partial charge >= 0.3 is 0 Å². The predicted octanol–water partition coefficient (Wildman–Crippen LogP) is 5.01. The number of rotatable bonds is 3. The molecule has 0 spiro atoms. The van der Waals surface area contributed by atoms with E-state index in [-0.39, 0.29) is 11.3 Å². The van der Waals surface area contributed by atoms with Crippen molar-refractivity contribution in [2.45, 2.75) is 34.1 Å². The first-order valence-corrected chi connectivity index (χ1v) is 7.91. The quantitative estimate of drug-likeness (QED) is 0.846. The summed E-state index contributed by atoms with van der Waals surface area (Å²) in [6.07, 6.45) is 2.26. The number of para-hydroxylation sites is 1. The maximum absolute atomic E-state index is 12.2. The van der Waals surface area contributed by atoms with Gasteiger partial charge < -0.3 is 5.32 Å². The molecule has 2 rings (SSSR count). The van der Waals surface area contributed by atoms with E-state index in [0.29, 0.717) is 12.3 Å². The summed E-state index contributed by atoms with van der Waals surface area (Å²) in [4.78, 5) is 16.6. The maximum atomic E-state index is 12.2. The van der Waals surface area contributed by atoms with Crippen LogP contribution in [0, 0.1) is 11.3 Å². The lowest BCUT2D eigenvalue weighted by atomic mass is 9.80. The molecule has 0 aliphatic rings. The Labute approximate surface area is 134 Å². The van der Waals surface area contributed by atoms with E-state index in [0.717, 1.165) is 21.1 Å². The van der Waals surface area contributed by atoms with Crippen molar-refractivity contribution in [1.29, 1.82) is 0 Å². The van der Waals surface area contributed by atoms with Crippen LogP contribution in [0.5, 0.6) is 0 Å². The Morgan fingerprint density at radius 3 is 2.76 bits per heavy atom. The Bertz CT molecular complexity index is 661. The fourth-order valence-corrected chi connectivity index (χ4v) is 2.37. The number of fused-ring (bicyclic) bond motifs is 1. The molecule has 0 saturated carbocycles. The van der Waals surface area contributed by atoms with Crippen LogP contribution in [0.3, 0.4) is 0 Å². The van der Waals surface area contributed by atoms with E-state index in [9.17, 15) is 4.79 Å². The number of carbonyl (C=O) groups excluding carboxylic acids is 1. The summed E-state index contributed by atoms with van der Waals surface area (Å²) >= 11 is 3.41. The molecule has 0 radical (unpaired) electrons. The molecule has 1 heterocycles. The van der Waals surface area contributed by atoms with E-state index in [1.807, 2.05) is 24.3 Å². The lowest BCUT2D eigenvalue weighted by Gasteiger charge is -2.26. The smallest absolute Gasteiger partial charge is 0.224 e. The standard InChI is InChI=1S/C17H21BrN2O/c1-11(17(2,3)4)8-15(21)20-14-7-5-6-12-9-13(18)10-19-16(12)14/h5-7,9-11H,8H2,1-4H3,(H,20,21). The van der Waals surface area contributed by atoms with Crippen LogP contribution in [0.4, 0.5) is 5.69 Å². The maximum Gasteiger partial charge on any atom is 0.224 e. The molecule has 1 aromatic heterocycles. The SMILES string of the molecule is CC(CC(=O)Nc1cccc2cc(Br)cnc12)C(C)(C)C. The molecular formula is C17H21BrN2O. The highest BCUT2D eigenvalue weighted by Crippen LogP contribution is 2.29. The van der Waals surface area contributed by atoms with Crippen molar-refractivity contribution in [3.63, 3.8) is 0 Å². The Balaban J connectivity index is 2.18. The molecule has 0 bridgehead atoms. The number of benzene rings is 1. The summed E-state index contributed by atoms with van der Waals surface area (Å²) in [7, 11) is 0. The number of nitrogens with zero attached hydrogens (tertiary/aromatic N) is 1. The topological polar surface area (TPSA) is 42.0 Å². The van der Waals surface area contributed by atoms with Gasteiger partial charge in [0.05, 0.1) is 11.2 Å². The third kappa shape index (κ3) is 4.03. The fourth-order valence-electron chi connectivity index (χ4n) is 2.02. The van der Waals surface area contributed by atoms with Gasteiger partial charge in [-0.15, -0.1) is 0 Å². The Hall–Kier alpha value is -1.42. The molecule has 2 aromatic rings. The number of anilines is 1. The first-order valence-electron chi connectivity index (χ1n) is 7.11. The minimum absolute atomic E-state index is 0.0367. The van der Waals surface area contributed by atoms with Crippen LogP contribution >= 0.6 is 15.9 Å². The first-order chi connectivity index (χ1) is 9.77. The summed E-state index contributed by atoms with van der Waals surface area (Å²) < 4.78 is 0.930. The average Bonchev–Trinajstić information content (AvgIpc) is 2.37. The predicted molar refractivity (Wildman–Crippen MR) is 91.3 cm³/mol. The van der Waals surface area contributed by atoms with Gasteiger partial charge in [0.15, 0.2) is 0 Å². The van der Waals surface area contributed by atoms with Gasteiger partial charge in [-0.25, -0.2) is 0 Å². The Kier molecular flexibility index (Phi) is 4.67. The zero-order valence-corrected chi connectivity index (χ0v) is 14.5. The summed E-state index contributed by atoms with van der Waals surface area (Å²) in [5, 5.41) is 4.00. The highest BCUT2D eigenvalue weighted by Gasteiger charge is 2.22. The van der Waals surface area contributed by atoms with Crippen molar-refractivity contribution < 1.29 is 4.79 Å². The zero-order chi connectivity index (χ0) is 15.6. The van der Waals surface area contributed by atoms with E-state index < -0.39 is 0 Å². The lowest BCUT2D eigenvalue weighted by molar-refractivity contribution is -0.117. The highest BCUT2D eigenvalue weighted by atomic mass is 79.9. The van der Waals surface area contributed by atoms with Gasteiger partial charge in [0.2, 0.25) is 5.91 Å². The average molecular weight is 349 g/mol. The van der Waals surface area contributed by atoms with Crippen molar-refractivity contribution in [1.82, 2.24) is 4.98 Å². The Morgan fingerprint density at radius 1 is 1.38 bits per heavy atom. The van der Waals surface area contributed by atoms with Crippen LogP contribution in [-0.4, -0.2) is 10.9 Å². The number of aromatic nitrogens is 1. The molecule has 3 nitrogen and oxygen atoms in total. The van der Waals surface area contributed by atoms with E-state index in [1.54, 1.807) is 6.20 Å². The second-order valence-corrected chi connectivity index (χ2v) is 7.47. The Morgan fingerprint density at radius 2 is 2.10 bits per heavy atom. The third-order valence-electron chi connectivity index (χ3n) is 3.92. The number of pyridine rings is 1. The van der Waals surface area contributed by atoms with Gasteiger partial charge in [0, 0.05) is 22.5 Å². The number of hydrogen-bond acceptors (Lipinski definition) is 2. The van der Waals surface area contributed by atoms with Crippen molar-refractivity contribution in [3.05, 3.63) is 34.9 Å². The van der Waals surface area contributed by atoms with Crippen LogP contribution in [-0.2, 0) is 4.79 Å². The molecule has 0 saturated heterocycles. The molecule has 0 fully saturated rings. The monoisotopic (exact) mass is 348 g/mol. The van der Waals surface area contributed by atoms with Crippen LogP contribution in [0.1, 0.15) is 34.1 Å². The minimum Gasteiger partial charge on any atom is -0.324 e. The van der Waals surface area contributed by atoms with Gasteiger partial charge in [0.1, 0.15) is 0 Å². The lowest BCUT2D eigenvalue weighted by Crippen LogP contribution is -2.24. The molecule has 0 aliphatic carbocycles. The molecular weight excluding hydrogens is 328 g/mol. The number of hydrogen-bond donors (Lipinski definition) is 1. The van der Waals surface area contributed by atoms with Crippen LogP contribution in [0.25, 0.3) is 10.9 Å². The fraction of sp³-hybridized carbons (Fsp3) is 0.412. The van der Waals surface area contributed by atoms with Crippen molar-refractivity contribution >= 4 is 38.4 Å². The second-order valence-electron chi connectivity index (χ2n) is 6.55. The minimum atomic E-state index is 0.0367. The molecule has 1 atom stereocenters. The van der Waals surface area contributed by atoms with Gasteiger partial charge in [-0.2, -0.15) is 0 Å². The van der Waals surface area contributed by atoms with Crippen molar-refractivity contribution in [3.8, 4) is 0 Å². The first kappa shape index (κ1) is 16.0. The summed E-state index contributed by atoms with van der Waals surface area (Å²) in [5.41, 5.74) is 1.71. The van der Waals surface area contributed by atoms with Gasteiger partial charge in [-0.05, 0) is 39.4 Å². The number of halogens is 1. The molecule has 112 valence electrons. The molecule has 21 heavy (non-hydrogen) atoms. The molecule has 1 amide bonds. The second kappa shape index (κ2) is 6.14. The molecule has 4 heteroatoms. The van der Waals surface area contributed by atoms with Gasteiger partial charge in [0.25, 0.3) is 0 Å². The van der Waals surface area contributed by atoms with E-state index in [2.05, 4.69) is 53.9 Å². The van der Waals surface area contributed by atoms with Crippen LogP contribution < -0.4 is 5.32 Å². The molecule has 0 aliphatic heterocycles. The summed E-state index contributed by atoms with van der Waals surface area (Å²) in [5.74, 6) is 0.351. The number of amides is 1. The summed E-state index contributed by atoms with van der Waals surface area (Å²) in [6, 6.07) is 7.80. The van der Waals surface area contributed by atoms with Crippen molar-refractivity contribution in [2.24, 2.45) is 11.3 Å². The van der Waals surface area contributed by atoms with Gasteiger partial charge in [-0.1, -0.05) is 39.8 Å². The largest absolute Gasteiger partial charge is 0.324 e. The number of nitrogens with one attached hydrogen (secondary N) is 1. The van der Waals surface area contributed by atoms with Crippen molar-refractivity contribution in [2.75, 3.05) is 5.32 Å². The summed E-state index contributed by atoms with van der Waals surface area (Å²) in [6.45, 7) is 8.57. The van der Waals surface area contributed by atoms with Gasteiger partial charge in [-0.3, -0.25) is 9.78 Å². The van der Waals surface area contributed by atoms with E-state index in [1.165, 1.54) is 0 Å². The normalized spacial score (nSPS) is 13.2. The molecule has 1 N–H and O–H groups in total. The molecule has 1 unspecified atom stereocenters. The van der Waals surface area contributed by atoms with E-state index >= 15 is 0 Å². The zero-order valence-electron chi connectivity index (χ0n) is 12.9. The van der Waals surface area contributed by atoms with Crippen LogP contribution in [0.15, 0.2) is 34.9 Å². The third-order valence-corrected chi connectivity index (χ3v) is 4.36. The molecule has 1 aromatic carbocycles. The number of carbonyl (C=O) groups is 1.